The highest BCUT2D eigenvalue weighted by molar-refractivity contribution is 6.35. The molecule has 4 aromatic rings. The summed E-state index contributed by atoms with van der Waals surface area (Å²) in [4.78, 5) is 19.2. The Morgan fingerprint density at radius 3 is 2.86 bits per heavy atom. The lowest BCUT2D eigenvalue weighted by atomic mass is 9.88. The molecule has 3 N–H and O–H groups in total. The highest BCUT2D eigenvalue weighted by Crippen LogP contribution is 2.47. The van der Waals surface area contributed by atoms with Crippen LogP contribution >= 0.6 is 11.6 Å². The van der Waals surface area contributed by atoms with Gasteiger partial charge in [0.15, 0.2) is 17.3 Å². The molecular weight excluding hydrogens is 399 g/mol. The first-order valence-electron chi connectivity index (χ1n) is 9.14. The standard InChI is InChI=1S/C19H16ClFN6O2/c20-16-14(11-7-27-8-12(23-9-28)25-13(27)6-22-11)10-5-24-26-18(10)15(17(16)21)19(29)3-1-2-4-19/h5-9,29H,1-4H2,(H,23,28)(H,24,26). The van der Waals surface area contributed by atoms with Crippen molar-refractivity contribution in [1.82, 2.24) is 24.6 Å². The largest absolute Gasteiger partial charge is 0.385 e. The summed E-state index contributed by atoms with van der Waals surface area (Å²) in [5.41, 5.74) is 0.606. The summed E-state index contributed by atoms with van der Waals surface area (Å²) in [6, 6.07) is 0. The number of anilines is 1. The van der Waals surface area contributed by atoms with E-state index >= 15 is 4.39 Å². The average molecular weight is 415 g/mol. The number of aliphatic hydroxyl groups is 1. The van der Waals surface area contributed by atoms with Crippen LogP contribution in [0.3, 0.4) is 0 Å². The second kappa shape index (κ2) is 6.50. The number of aromatic amines is 1. The van der Waals surface area contributed by atoms with E-state index in [1.54, 1.807) is 23.0 Å². The number of carbonyl (C=O) groups is 1. The number of hydrogen-bond acceptors (Lipinski definition) is 5. The van der Waals surface area contributed by atoms with Gasteiger partial charge in [-0.3, -0.25) is 14.9 Å². The molecule has 0 bridgehead atoms. The number of carbonyl (C=O) groups excluding carboxylic acids is 1. The van der Waals surface area contributed by atoms with Gasteiger partial charge in [-0.15, -0.1) is 0 Å². The van der Waals surface area contributed by atoms with Gasteiger partial charge >= 0.3 is 0 Å². The molecule has 1 amide bonds. The summed E-state index contributed by atoms with van der Waals surface area (Å²) in [5.74, 6) is -0.304. The van der Waals surface area contributed by atoms with Crippen molar-refractivity contribution in [3.05, 3.63) is 41.2 Å². The fraction of sp³-hybridized carbons (Fsp3) is 0.263. The lowest BCUT2D eigenvalue weighted by Gasteiger charge is -2.25. The minimum absolute atomic E-state index is 0.118. The Kier molecular flexibility index (Phi) is 4.04. The van der Waals surface area contributed by atoms with Gasteiger partial charge in [0.05, 0.1) is 40.4 Å². The average Bonchev–Trinajstić information content (AvgIpc) is 3.42. The van der Waals surface area contributed by atoms with Crippen molar-refractivity contribution in [1.29, 1.82) is 0 Å². The number of fused-ring (bicyclic) bond motifs is 2. The van der Waals surface area contributed by atoms with Gasteiger partial charge in [0, 0.05) is 22.7 Å². The highest BCUT2D eigenvalue weighted by Gasteiger charge is 2.39. The van der Waals surface area contributed by atoms with Gasteiger partial charge in [0.25, 0.3) is 0 Å². The molecule has 3 heterocycles. The lowest BCUT2D eigenvalue weighted by Crippen LogP contribution is -2.23. The van der Waals surface area contributed by atoms with E-state index in [9.17, 15) is 9.90 Å². The van der Waals surface area contributed by atoms with Gasteiger partial charge < -0.3 is 14.8 Å². The Labute approximate surface area is 168 Å². The van der Waals surface area contributed by atoms with Crippen molar-refractivity contribution in [2.24, 2.45) is 0 Å². The van der Waals surface area contributed by atoms with Crippen LogP contribution in [0.5, 0.6) is 0 Å². The Morgan fingerprint density at radius 1 is 1.31 bits per heavy atom. The molecule has 1 aliphatic rings. The number of aromatic nitrogens is 5. The van der Waals surface area contributed by atoms with E-state index in [0.29, 0.717) is 52.9 Å². The van der Waals surface area contributed by atoms with Crippen LogP contribution in [0.15, 0.2) is 24.8 Å². The molecule has 8 nitrogen and oxygen atoms in total. The third-order valence-electron chi connectivity index (χ3n) is 5.49. The van der Waals surface area contributed by atoms with Crippen molar-refractivity contribution < 1.29 is 14.3 Å². The second-order valence-corrected chi connectivity index (χ2v) is 7.58. The van der Waals surface area contributed by atoms with Gasteiger partial charge in [0.1, 0.15) is 0 Å². The molecule has 1 aliphatic carbocycles. The van der Waals surface area contributed by atoms with Gasteiger partial charge in [-0.25, -0.2) is 9.37 Å². The maximum atomic E-state index is 15.4. The summed E-state index contributed by atoms with van der Waals surface area (Å²) in [7, 11) is 0. The molecule has 10 heteroatoms. The van der Waals surface area contributed by atoms with E-state index in [1.165, 1.54) is 6.20 Å². The summed E-state index contributed by atoms with van der Waals surface area (Å²) >= 11 is 6.46. The van der Waals surface area contributed by atoms with Crippen LogP contribution in [-0.2, 0) is 10.4 Å². The van der Waals surface area contributed by atoms with E-state index in [-0.39, 0.29) is 10.6 Å². The zero-order valence-corrected chi connectivity index (χ0v) is 15.9. The fourth-order valence-corrected chi connectivity index (χ4v) is 4.46. The van der Waals surface area contributed by atoms with Crippen molar-refractivity contribution in [3.8, 4) is 11.3 Å². The van der Waals surface area contributed by atoms with Crippen LogP contribution < -0.4 is 5.32 Å². The minimum Gasteiger partial charge on any atom is -0.385 e. The molecule has 0 atom stereocenters. The number of nitrogens with one attached hydrogen (secondary N) is 2. The summed E-state index contributed by atoms with van der Waals surface area (Å²) < 4.78 is 17.1. The maximum Gasteiger partial charge on any atom is 0.212 e. The van der Waals surface area contributed by atoms with Crippen molar-refractivity contribution in [2.45, 2.75) is 31.3 Å². The van der Waals surface area contributed by atoms with Crippen LogP contribution in [0.4, 0.5) is 10.2 Å². The first-order valence-corrected chi connectivity index (χ1v) is 9.52. The normalized spacial score (nSPS) is 16.0. The van der Waals surface area contributed by atoms with E-state index in [1.807, 2.05) is 0 Å². The van der Waals surface area contributed by atoms with Gasteiger partial charge in [-0.2, -0.15) is 5.10 Å². The number of rotatable bonds is 4. The Hall–Kier alpha value is -3.04. The number of imidazole rings is 1. The van der Waals surface area contributed by atoms with Crippen LogP contribution in [0.25, 0.3) is 27.8 Å². The molecule has 148 valence electrons. The highest BCUT2D eigenvalue weighted by atomic mass is 35.5. The van der Waals surface area contributed by atoms with E-state index in [2.05, 4.69) is 25.5 Å². The van der Waals surface area contributed by atoms with Crippen LogP contribution in [0.2, 0.25) is 5.02 Å². The third-order valence-corrected chi connectivity index (χ3v) is 5.85. The van der Waals surface area contributed by atoms with Crippen molar-refractivity contribution in [3.63, 3.8) is 0 Å². The third kappa shape index (κ3) is 2.69. The quantitative estimate of drug-likeness (QED) is 0.443. The number of benzene rings is 1. The number of H-pyrrole nitrogens is 1. The maximum absolute atomic E-state index is 15.4. The zero-order valence-electron chi connectivity index (χ0n) is 15.1. The summed E-state index contributed by atoms with van der Waals surface area (Å²) in [5, 5.41) is 20.9. The van der Waals surface area contributed by atoms with E-state index < -0.39 is 11.4 Å². The fourth-order valence-electron chi connectivity index (χ4n) is 4.17. The Morgan fingerprint density at radius 2 is 2.10 bits per heavy atom. The molecule has 0 unspecified atom stereocenters. The Balaban J connectivity index is 1.74. The molecule has 0 radical (unpaired) electrons. The lowest BCUT2D eigenvalue weighted by molar-refractivity contribution is -0.105. The predicted molar refractivity (Wildman–Crippen MR) is 105 cm³/mol. The van der Waals surface area contributed by atoms with Crippen molar-refractivity contribution >= 4 is 40.4 Å². The van der Waals surface area contributed by atoms with Crippen molar-refractivity contribution in [2.75, 3.05) is 5.32 Å². The molecule has 1 fully saturated rings. The topological polar surface area (TPSA) is 108 Å². The molecular formula is C19H16ClFN6O2. The second-order valence-electron chi connectivity index (χ2n) is 7.20. The Bertz CT molecular complexity index is 1260. The molecule has 5 rings (SSSR count). The smallest absolute Gasteiger partial charge is 0.212 e. The molecule has 1 aromatic carbocycles. The number of hydrogen-bond donors (Lipinski definition) is 3. The number of halogens is 2. The number of amides is 1. The molecule has 1 saturated carbocycles. The molecule has 29 heavy (non-hydrogen) atoms. The van der Waals surface area contributed by atoms with Gasteiger partial charge in [0.2, 0.25) is 6.41 Å². The van der Waals surface area contributed by atoms with Crippen LogP contribution in [0.1, 0.15) is 31.2 Å². The summed E-state index contributed by atoms with van der Waals surface area (Å²) in [6.07, 6.45) is 9.43. The predicted octanol–water partition coefficient (Wildman–Crippen LogP) is 3.40. The van der Waals surface area contributed by atoms with E-state index in [4.69, 9.17) is 11.6 Å². The molecule has 0 spiro atoms. The molecule has 0 aliphatic heterocycles. The minimum atomic E-state index is -1.27. The van der Waals surface area contributed by atoms with Crippen LogP contribution in [-0.4, -0.2) is 36.1 Å². The summed E-state index contributed by atoms with van der Waals surface area (Å²) in [6.45, 7) is 0. The molecule has 3 aromatic heterocycles. The van der Waals surface area contributed by atoms with Crippen LogP contribution in [0, 0.1) is 5.82 Å². The SMILES string of the molecule is O=CNc1cn2cc(-c3c(Cl)c(F)c(C4(O)CCCC4)c4[nH]ncc34)ncc2n1. The monoisotopic (exact) mass is 414 g/mol. The zero-order chi connectivity index (χ0) is 20.2. The van der Waals surface area contributed by atoms with Gasteiger partial charge in [-0.1, -0.05) is 24.4 Å². The molecule has 0 saturated heterocycles. The number of nitrogens with zero attached hydrogens (tertiary/aromatic N) is 4. The van der Waals surface area contributed by atoms with Gasteiger partial charge in [-0.05, 0) is 12.8 Å². The van der Waals surface area contributed by atoms with E-state index in [0.717, 1.165) is 12.8 Å². The first kappa shape index (κ1) is 18.0. The first-order chi connectivity index (χ1) is 14.0.